The first-order valence-electron chi connectivity index (χ1n) is 5.99. The summed E-state index contributed by atoms with van der Waals surface area (Å²) in [5.41, 5.74) is 0.165. The lowest BCUT2D eigenvalue weighted by atomic mass is 10.0. The molecule has 2 N–H and O–H groups in total. The van der Waals surface area contributed by atoms with Gasteiger partial charge in [0.05, 0.1) is 5.56 Å². The molecule has 0 aliphatic rings. The van der Waals surface area contributed by atoms with Crippen LogP contribution in [0.15, 0.2) is 9.95 Å². The summed E-state index contributed by atoms with van der Waals surface area (Å²) in [4.78, 5) is 18.6. The SMILES string of the molecule is CC[C@@H](C)Sc1nc(O)c([C@H](C)CC)c(=O)[nH]1. The number of nitrogens with zero attached hydrogens (tertiary/aromatic N) is 1. The van der Waals surface area contributed by atoms with Crippen LogP contribution >= 0.6 is 11.8 Å². The minimum Gasteiger partial charge on any atom is -0.493 e. The van der Waals surface area contributed by atoms with Crippen molar-refractivity contribution < 1.29 is 5.11 Å². The second kappa shape index (κ2) is 6.10. The molecule has 0 spiro atoms. The van der Waals surface area contributed by atoms with Gasteiger partial charge in [-0.15, -0.1) is 0 Å². The third-order valence-electron chi connectivity index (χ3n) is 2.91. The molecule has 0 saturated carbocycles. The molecule has 17 heavy (non-hydrogen) atoms. The van der Waals surface area contributed by atoms with Gasteiger partial charge in [-0.3, -0.25) is 4.79 Å². The van der Waals surface area contributed by atoms with Crippen LogP contribution in [0.25, 0.3) is 0 Å². The lowest BCUT2D eigenvalue weighted by Crippen LogP contribution is -2.17. The summed E-state index contributed by atoms with van der Waals surface area (Å²) in [6.07, 6.45) is 1.79. The van der Waals surface area contributed by atoms with E-state index in [0.717, 1.165) is 12.8 Å². The number of H-pyrrole nitrogens is 1. The smallest absolute Gasteiger partial charge is 0.258 e. The predicted octanol–water partition coefficient (Wildman–Crippen LogP) is 2.88. The summed E-state index contributed by atoms with van der Waals surface area (Å²) >= 11 is 1.47. The van der Waals surface area contributed by atoms with E-state index in [9.17, 15) is 9.90 Å². The Kier molecular flexibility index (Phi) is 5.05. The van der Waals surface area contributed by atoms with Crippen LogP contribution in [0, 0.1) is 0 Å². The Morgan fingerprint density at radius 2 is 2.00 bits per heavy atom. The average Bonchev–Trinajstić information content (AvgIpc) is 2.27. The molecule has 1 aromatic rings. The Bertz CT molecular complexity index is 431. The molecule has 0 aliphatic carbocycles. The van der Waals surface area contributed by atoms with Crippen LogP contribution in [0.2, 0.25) is 0 Å². The van der Waals surface area contributed by atoms with Gasteiger partial charge in [0, 0.05) is 5.25 Å². The summed E-state index contributed by atoms with van der Waals surface area (Å²) in [5, 5.41) is 10.7. The van der Waals surface area contributed by atoms with Gasteiger partial charge in [0.25, 0.3) is 5.56 Å². The minimum absolute atomic E-state index is 0.0221. The lowest BCUT2D eigenvalue weighted by Gasteiger charge is -2.11. The highest BCUT2D eigenvalue weighted by Gasteiger charge is 2.16. The van der Waals surface area contributed by atoms with Crippen LogP contribution < -0.4 is 5.56 Å². The molecule has 0 aromatic carbocycles. The van der Waals surface area contributed by atoms with Crippen LogP contribution in [0.5, 0.6) is 5.88 Å². The van der Waals surface area contributed by atoms with Crippen molar-refractivity contribution in [3.05, 3.63) is 15.9 Å². The summed E-state index contributed by atoms with van der Waals surface area (Å²) in [5.74, 6) is -0.109. The first-order chi connectivity index (χ1) is 7.99. The van der Waals surface area contributed by atoms with E-state index in [2.05, 4.69) is 23.8 Å². The highest BCUT2D eigenvalue weighted by Crippen LogP contribution is 2.26. The van der Waals surface area contributed by atoms with Gasteiger partial charge in [0.2, 0.25) is 5.88 Å². The van der Waals surface area contributed by atoms with Crippen molar-refractivity contribution in [3.8, 4) is 5.88 Å². The van der Waals surface area contributed by atoms with Gasteiger partial charge in [0.15, 0.2) is 5.16 Å². The van der Waals surface area contributed by atoms with Crippen LogP contribution in [0.1, 0.15) is 52.0 Å². The first-order valence-corrected chi connectivity index (χ1v) is 6.87. The molecule has 0 radical (unpaired) electrons. The molecule has 0 fully saturated rings. The van der Waals surface area contributed by atoms with E-state index < -0.39 is 0 Å². The molecule has 1 rings (SSSR count). The van der Waals surface area contributed by atoms with E-state index in [1.165, 1.54) is 11.8 Å². The van der Waals surface area contributed by atoms with Gasteiger partial charge < -0.3 is 10.1 Å². The number of thioether (sulfide) groups is 1. The standard InChI is InChI=1S/C12H20N2O2S/c1-5-7(3)9-10(15)13-12(14-11(9)16)17-8(4)6-2/h7-8H,5-6H2,1-4H3,(H2,13,14,15,16)/t7-,8-/m1/s1. The highest BCUT2D eigenvalue weighted by atomic mass is 32.2. The van der Waals surface area contributed by atoms with Gasteiger partial charge in [0.1, 0.15) is 0 Å². The molecule has 5 heteroatoms. The number of hydrogen-bond donors (Lipinski definition) is 2. The maximum absolute atomic E-state index is 11.9. The Labute approximate surface area is 106 Å². The topological polar surface area (TPSA) is 66.0 Å². The molecule has 1 heterocycles. The zero-order chi connectivity index (χ0) is 13.0. The lowest BCUT2D eigenvalue weighted by molar-refractivity contribution is 0.429. The number of aromatic amines is 1. The van der Waals surface area contributed by atoms with Crippen LogP contribution in [-0.2, 0) is 0 Å². The van der Waals surface area contributed by atoms with E-state index in [1.54, 1.807) is 0 Å². The summed E-state index contributed by atoms with van der Waals surface area (Å²) in [6.45, 7) is 8.02. The second-order valence-electron chi connectivity index (χ2n) is 4.25. The Morgan fingerprint density at radius 1 is 1.35 bits per heavy atom. The highest BCUT2D eigenvalue weighted by molar-refractivity contribution is 7.99. The number of hydrogen-bond acceptors (Lipinski definition) is 4. The quantitative estimate of drug-likeness (QED) is 0.628. The van der Waals surface area contributed by atoms with E-state index >= 15 is 0 Å². The third kappa shape index (κ3) is 3.49. The molecule has 0 saturated heterocycles. The van der Waals surface area contributed by atoms with Gasteiger partial charge in [-0.2, -0.15) is 4.98 Å². The molecule has 1 aromatic heterocycles. The van der Waals surface area contributed by atoms with Gasteiger partial charge in [-0.1, -0.05) is 39.5 Å². The Balaban J connectivity index is 3.05. The van der Waals surface area contributed by atoms with Gasteiger partial charge in [-0.05, 0) is 18.8 Å². The molecular weight excluding hydrogens is 236 g/mol. The fraction of sp³-hybridized carbons (Fsp3) is 0.667. The first kappa shape index (κ1) is 14.1. The molecule has 4 nitrogen and oxygen atoms in total. The van der Waals surface area contributed by atoms with Crippen LogP contribution in [0.4, 0.5) is 0 Å². The van der Waals surface area contributed by atoms with Crippen molar-refractivity contribution in [2.45, 2.75) is 56.9 Å². The molecule has 0 amide bonds. The van der Waals surface area contributed by atoms with Crippen molar-refractivity contribution in [1.82, 2.24) is 9.97 Å². The third-order valence-corrected chi connectivity index (χ3v) is 4.06. The van der Waals surface area contributed by atoms with E-state index in [1.807, 2.05) is 13.8 Å². The number of rotatable bonds is 5. The summed E-state index contributed by atoms with van der Waals surface area (Å²) < 4.78 is 0. The zero-order valence-corrected chi connectivity index (χ0v) is 11.6. The molecule has 2 atom stereocenters. The molecular formula is C12H20N2O2S. The molecule has 96 valence electrons. The number of aromatic hydroxyl groups is 1. The van der Waals surface area contributed by atoms with E-state index in [-0.39, 0.29) is 17.4 Å². The van der Waals surface area contributed by atoms with Crippen molar-refractivity contribution in [2.75, 3.05) is 0 Å². The zero-order valence-electron chi connectivity index (χ0n) is 10.8. The Morgan fingerprint density at radius 3 is 2.47 bits per heavy atom. The number of aromatic nitrogens is 2. The number of nitrogens with one attached hydrogen (secondary N) is 1. The Hall–Kier alpha value is -0.970. The van der Waals surface area contributed by atoms with Crippen molar-refractivity contribution in [3.63, 3.8) is 0 Å². The van der Waals surface area contributed by atoms with Crippen molar-refractivity contribution in [2.24, 2.45) is 0 Å². The van der Waals surface area contributed by atoms with Crippen molar-refractivity contribution >= 4 is 11.8 Å². The van der Waals surface area contributed by atoms with E-state index in [0.29, 0.717) is 16.0 Å². The van der Waals surface area contributed by atoms with Crippen LogP contribution in [-0.4, -0.2) is 20.3 Å². The normalized spacial score (nSPS) is 14.6. The summed E-state index contributed by atoms with van der Waals surface area (Å²) in [6, 6.07) is 0. The molecule has 0 aliphatic heterocycles. The minimum atomic E-state index is -0.224. The molecule has 0 unspecified atom stereocenters. The molecule has 0 bridgehead atoms. The van der Waals surface area contributed by atoms with Crippen LogP contribution in [0.3, 0.4) is 0 Å². The average molecular weight is 256 g/mol. The monoisotopic (exact) mass is 256 g/mol. The predicted molar refractivity (Wildman–Crippen MR) is 70.8 cm³/mol. The fourth-order valence-corrected chi connectivity index (χ4v) is 2.27. The van der Waals surface area contributed by atoms with Gasteiger partial charge >= 0.3 is 0 Å². The van der Waals surface area contributed by atoms with E-state index in [4.69, 9.17) is 0 Å². The summed E-state index contributed by atoms with van der Waals surface area (Å²) in [7, 11) is 0. The second-order valence-corrected chi connectivity index (χ2v) is 5.68. The maximum Gasteiger partial charge on any atom is 0.258 e. The maximum atomic E-state index is 11.9. The largest absolute Gasteiger partial charge is 0.493 e. The van der Waals surface area contributed by atoms with Gasteiger partial charge in [-0.25, -0.2) is 0 Å². The van der Waals surface area contributed by atoms with Crippen molar-refractivity contribution in [1.29, 1.82) is 0 Å². The fourth-order valence-electron chi connectivity index (χ4n) is 1.43.